The Morgan fingerprint density at radius 2 is 1.07 bits per heavy atom. The standard InChI is InChI=1S/C50H26N4O2/c51-27-29-16-20-43-41(24-29)38-17-18-39-36-11-2-5-14-44(36)56-50(39)49(38)54(43)34-23-30(28-52)22-32(26-34)31-8-7-9-33(25-31)53-42-13-4-1-10-35(42)37-19-21-46-47(48(37)53)40-12-3-6-15-45(40)55-46/h1-26H. The van der Waals surface area contributed by atoms with Crippen molar-refractivity contribution in [1.29, 1.82) is 10.5 Å². The van der Waals surface area contributed by atoms with Gasteiger partial charge in [-0.15, -0.1) is 0 Å². The average Bonchev–Trinajstić information content (AvgIpc) is 4.00. The molecule has 4 aromatic heterocycles. The molecular weight excluding hydrogens is 689 g/mol. The summed E-state index contributed by atoms with van der Waals surface area (Å²) in [5.74, 6) is 0. The summed E-state index contributed by atoms with van der Waals surface area (Å²) in [6, 6.07) is 58.3. The molecule has 12 rings (SSSR count). The van der Waals surface area contributed by atoms with Gasteiger partial charge in [0.1, 0.15) is 16.7 Å². The predicted molar refractivity (Wildman–Crippen MR) is 225 cm³/mol. The molecule has 0 unspecified atom stereocenters. The fraction of sp³-hybridized carbons (Fsp3) is 0. The van der Waals surface area contributed by atoms with Crippen molar-refractivity contribution >= 4 is 87.5 Å². The number of nitriles is 2. The van der Waals surface area contributed by atoms with Gasteiger partial charge in [0.25, 0.3) is 0 Å². The summed E-state index contributed by atoms with van der Waals surface area (Å²) in [5.41, 5.74) is 12.1. The first kappa shape index (κ1) is 30.4. The van der Waals surface area contributed by atoms with E-state index in [1.807, 2.05) is 60.7 Å². The van der Waals surface area contributed by atoms with E-state index < -0.39 is 0 Å². The Morgan fingerprint density at radius 3 is 1.93 bits per heavy atom. The van der Waals surface area contributed by atoms with Gasteiger partial charge >= 0.3 is 0 Å². The molecule has 0 aliphatic rings. The van der Waals surface area contributed by atoms with Crippen LogP contribution in [0.5, 0.6) is 0 Å². The van der Waals surface area contributed by atoms with Crippen LogP contribution in [0.4, 0.5) is 0 Å². The van der Waals surface area contributed by atoms with Crippen LogP contribution in [0.2, 0.25) is 0 Å². The third-order valence-corrected chi connectivity index (χ3v) is 11.3. The van der Waals surface area contributed by atoms with Gasteiger partial charge in [-0.05, 0) is 96.1 Å². The highest BCUT2D eigenvalue weighted by atomic mass is 16.3. The van der Waals surface area contributed by atoms with Gasteiger partial charge in [0, 0.05) is 49.1 Å². The molecule has 0 atom stereocenters. The van der Waals surface area contributed by atoms with Crippen LogP contribution >= 0.6 is 0 Å². The highest BCUT2D eigenvalue weighted by Crippen LogP contribution is 2.43. The molecule has 56 heavy (non-hydrogen) atoms. The first-order valence-electron chi connectivity index (χ1n) is 18.5. The molecule has 0 spiro atoms. The molecule has 0 saturated carbocycles. The molecular formula is C50H26N4O2. The highest BCUT2D eigenvalue weighted by molar-refractivity contribution is 6.25. The van der Waals surface area contributed by atoms with E-state index in [4.69, 9.17) is 8.83 Å². The second-order valence-electron chi connectivity index (χ2n) is 14.3. The number of hydrogen-bond donors (Lipinski definition) is 0. The minimum absolute atomic E-state index is 0.534. The van der Waals surface area contributed by atoms with Gasteiger partial charge in [-0.25, -0.2) is 0 Å². The Kier molecular flexibility index (Phi) is 6.10. The zero-order valence-corrected chi connectivity index (χ0v) is 29.6. The van der Waals surface area contributed by atoms with Crippen molar-refractivity contribution in [3.05, 3.63) is 169 Å². The molecule has 6 heteroatoms. The lowest BCUT2D eigenvalue weighted by molar-refractivity contribution is 0.669. The fourth-order valence-corrected chi connectivity index (χ4v) is 8.95. The first-order chi connectivity index (χ1) is 27.7. The van der Waals surface area contributed by atoms with Gasteiger partial charge < -0.3 is 18.0 Å². The van der Waals surface area contributed by atoms with Crippen LogP contribution in [0.15, 0.2) is 167 Å². The van der Waals surface area contributed by atoms with Crippen LogP contribution in [0, 0.1) is 22.7 Å². The topological polar surface area (TPSA) is 83.7 Å². The Bertz CT molecular complexity index is 3750. The maximum atomic E-state index is 10.5. The summed E-state index contributed by atoms with van der Waals surface area (Å²) < 4.78 is 17.5. The lowest BCUT2D eigenvalue weighted by Gasteiger charge is -2.14. The number of rotatable bonds is 3. The molecule has 0 N–H and O–H groups in total. The van der Waals surface area contributed by atoms with Crippen LogP contribution in [0.25, 0.3) is 110 Å². The van der Waals surface area contributed by atoms with Crippen molar-refractivity contribution in [3.8, 4) is 34.6 Å². The Balaban J connectivity index is 1.13. The zero-order chi connectivity index (χ0) is 37.1. The molecule has 0 amide bonds. The quantitative estimate of drug-likeness (QED) is 0.182. The zero-order valence-electron chi connectivity index (χ0n) is 29.6. The Hall–Kier alpha value is -8.06. The molecule has 4 heterocycles. The van der Waals surface area contributed by atoms with E-state index in [-0.39, 0.29) is 0 Å². The summed E-state index contributed by atoms with van der Waals surface area (Å²) in [4.78, 5) is 0. The highest BCUT2D eigenvalue weighted by Gasteiger charge is 2.22. The Morgan fingerprint density at radius 1 is 0.393 bits per heavy atom. The second-order valence-corrected chi connectivity index (χ2v) is 14.3. The maximum Gasteiger partial charge on any atom is 0.160 e. The third kappa shape index (κ3) is 4.13. The second kappa shape index (κ2) is 11.2. The number of hydrogen-bond acceptors (Lipinski definition) is 4. The molecule has 0 aliphatic heterocycles. The van der Waals surface area contributed by atoms with E-state index in [0.717, 1.165) is 110 Å². The van der Waals surface area contributed by atoms with Crippen molar-refractivity contribution in [2.75, 3.05) is 0 Å². The van der Waals surface area contributed by atoms with Gasteiger partial charge in [0.2, 0.25) is 0 Å². The van der Waals surface area contributed by atoms with E-state index in [1.165, 1.54) is 0 Å². The number of para-hydroxylation sites is 3. The smallest absolute Gasteiger partial charge is 0.160 e. The lowest BCUT2D eigenvalue weighted by atomic mass is 10.0. The van der Waals surface area contributed by atoms with Gasteiger partial charge in [-0.1, -0.05) is 72.8 Å². The molecule has 0 fully saturated rings. The van der Waals surface area contributed by atoms with Gasteiger partial charge in [-0.3, -0.25) is 0 Å². The Labute approximate surface area is 318 Å². The van der Waals surface area contributed by atoms with E-state index in [9.17, 15) is 10.5 Å². The fourth-order valence-electron chi connectivity index (χ4n) is 8.95. The van der Waals surface area contributed by atoms with Crippen molar-refractivity contribution in [3.63, 3.8) is 0 Å². The molecule has 8 aromatic carbocycles. The molecule has 0 bridgehead atoms. The number of aromatic nitrogens is 2. The van der Waals surface area contributed by atoms with Crippen molar-refractivity contribution < 1.29 is 8.83 Å². The molecule has 258 valence electrons. The van der Waals surface area contributed by atoms with Crippen LogP contribution in [-0.2, 0) is 0 Å². The van der Waals surface area contributed by atoms with E-state index in [1.54, 1.807) is 0 Å². The van der Waals surface area contributed by atoms with Crippen LogP contribution in [0.3, 0.4) is 0 Å². The van der Waals surface area contributed by atoms with Crippen LogP contribution in [0.1, 0.15) is 11.1 Å². The molecule has 0 radical (unpaired) electrons. The van der Waals surface area contributed by atoms with E-state index in [2.05, 4.69) is 118 Å². The summed E-state index contributed by atoms with van der Waals surface area (Å²) in [6.07, 6.45) is 0. The monoisotopic (exact) mass is 714 g/mol. The predicted octanol–water partition coefficient (Wildman–Crippen LogP) is 13.1. The maximum absolute atomic E-state index is 10.5. The van der Waals surface area contributed by atoms with Crippen LogP contribution < -0.4 is 0 Å². The number of furan rings is 2. The van der Waals surface area contributed by atoms with Crippen molar-refractivity contribution in [1.82, 2.24) is 9.13 Å². The lowest BCUT2D eigenvalue weighted by Crippen LogP contribution is -1.97. The largest absolute Gasteiger partial charge is 0.456 e. The molecule has 0 aliphatic carbocycles. The van der Waals surface area contributed by atoms with Gasteiger partial charge in [-0.2, -0.15) is 10.5 Å². The first-order valence-corrected chi connectivity index (χ1v) is 18.5. The molecule has 0 saturated heterocycles. The van der Waals surface area contributed by atoms with Crippen molar-refractivity contribution in [2.45, 2.75) is 0 Å². The SMILES string of the molecule is N#Cc1cc(-c2cccc(-n3c4ccccc4c4ccc5oc6ccccc6c5c43)c2)cc(-n2c3ccc(C#N)cc3c3ccc4c5ccccc5oc4c32)c1. The third-order valence-electron chi connectivity index (χ3n) is 11.3. The minimum Gasteiger partial charge on any atom is -0.456 e. The summed E-state index contributed by atoms with van der Waals surface area (Å²) in [5, 5.41) is 28.8. The summed E-state index contributed by atoms with van der Waals surface area (Å²) >= 11 is 0. The number of benzene rings is 8. The molecule has 6 nitrogen and oxygen atoms in total. The van der Waals surface area contributed by atoms with E-state index >= 15 is 0 Å². The van der Waals surface area contributed by atoms with Crippen LogP contribution in [-0.4, -0.2) is 9.13 Å². The van der Waals surface area contributed by atoms with Crippen molar-refractivity contribution in [2.24, 2.45) is 0 Å². The summed E-state index contributed by atoms with van der Waals surface area (Å²) in [7, 11) is 0. The number of fused-ring (bicyclic) bond motifs is 14. The van der Waals surface area contributed by atoms with Gasteiger partial charge in [0.05, 0.1) is 50.7 Å². The summed E-state index contributed by atoms with van der Waals surface area (Å²) in [6.45, 7) is 0. The number of nitrogens with zero attached hydrogens (tertiary/aromatic N) is 4. The minimum atomic E-state index is 0.534. The normalized spacial score (nSPS) is 11.9. The molecule has 12 aromatic rings. The van der Waals surface area contributed by atoms with E-state index in [0.29, 0.717) is 11.1 Å². The van der Waals surface area contributed by atoms with Gasteiger partial charge in [0.15, 0.2) is 5.58 Å². The average molecular weight is 715 g/mol.